The number of rotatable bonds is 17. The second-order valence-corrected chi connectivity index (χ2v) is 12.2. The van der Waals surface area contributed by atoms with Gasteiger partial charge in [0.25, 0.3) is 0 Å². The molecule has 5 heteroatoms. The van der Waals surface area contributed by atoms with Gasteiger partial charge in [-0.1, -0.05) is 0 Å². The first kappa shape index (κ1) is 25.6. The van der Waals surface area contributed by atoms with E-state index in [0.29, 0.717) is 0 Å². The molecule has 0 fully saturated rings. The fourth-order valence-corrected chi connectivity index (χ4v) is 12.1. The molecule has 0 unspecified atom stereocenters. The summed E-state index contributed by atoms with van der Waals surface area (Å²) in [5.41, 5.74) is 0. The molecular weight excluding hydrogens is 346 g/mol. The van der Waals surface area contributed by atoms with E-state index in [1.54, 1.807) is 0 Å². The third-order valence-corrected chi connectivity index (χ3v) is 11.5. The van der Waals surface area contributed by atoms with Crippen molar-refractivity contribution in [3.8, 4) is 0 Å². The molecule has 152 valence electrons. The average Bonchev–Trinajstić information content (AvgIpc) is 2.59. The first-order valence-electron chi connectivity index (χ1n) is 11.0. The van der Waals surface area contributed by atoms with Crippen LogP contribution in [0.15, 0.2) is 0 Å². The van der Waals surface area contributed by atoms with Crippen molar-refractivity contribution < 1.29 is 21.1 Å². The molecule has 0 aromatic carbocycles. The zero-order valence-corrected chi connectivity index (χ0v) is 20.0. The predicted octanol–water partition coefficient (Wildman–Crippen LogP) is 5.20. The van der Waals surface area contributed by atoms with E-state index in [1.165, 1.54) is 77.8 Å². The van der Waals surface area contributed by atoms with Crippen LogP contribution in [0, 0.1) is 0 Å². The van der Waals surface area contributed by atoms with Crippen LogP contribution in [0.5, 0.6) is 0 Å². The van der Waals surface area contributed by atoms with Crippen molar-refractivity contribution in [2.75, 3.05) is 45.9 Å². The molecule has 0 bridgehead atoms. The van der Waals surface area contributed by atoms with Gasteiger partial charge in [-0.05, 0) is 0 Å². The van der Waals surface area contributed by atoms with E-state index in [2.05, 4.69) is 58.6 Å². The molecule has 0 saturated carbocycles. The summed E-state index contributed by atoms with van der Waals surface area (Å²) in [6.45, 7) is 23.9. The van der Waals surface area contributed by atoms with Gasteiger partial charge in [-0.2, -0.15) is 0 Å². The Labute approximate surface area is 164 Å². The monoisotopic (exact) mass is 393 g/mol. The standard InChI is InChI=1S/3C6H14N.C2H5O.Ti/c3*1-3-5-7-6-4-2;1-2-3;/h3*3-6H2,1-2H3;2H2,1H3;/q4*-1;+4. The van der Waals surface area contributed by atoms with Crippen LogP contribution >= 0.6 is 0 Å². The van der Waals surface area contributed by atoms with Gasteiger partial charge in [0.15, 0.2) is 0 Å². The van der Waals surface area contributed by atoms with Gasteiger partial charge in [0.05, 0.1) is 0 Å². The van der Waals surface area contributed by atoms with Gasteiger partial charge in [-0.25, -0.2) is 0 Å². The van der Waals surface area contributed by atoms with Crippen LogP contribution in [-0.2, 0) is 21.1 Å². The quantitative estimate of drug-likeness (QED) is 0.316. The molecule has 0 aliphatic carbocycles. The van der Waals surface area contributed by atoms with Crippen LogP contribution < -0.4 is 0 Å². The second-order valence-electron chi connectivity index (χ2n) is 6.97. The molecular formula is C20H47N3OTi. The molecule has 0 spiro atoms. The fraction of sp³-hybridized carbons (Fsp3) is 1.00. The van der Waals surface area contributed by atoms with Gasteiger partial charge in [-0.15, -0.1) is 0 Å². The molecule has 0 aromatic rings. The summed E-state index contributed by atoms with van der Waals surface area (Å²) in [5, 5.41) is 0. The van der Waals surface area contributed by atoms with E-state index in [-0.39, 0.29) is 0 Å². The Morgan fingerprint density at radius 3 is 0.880 bits per heavy atom. The molecule has 0 amide bonds. The Morgan fingerprint density at radius 2 is 0.720 bits per heavy atom. The fourth-order valence-electron chi connectivity index (χ4n) is 3.90. The first-order chi connectivity index (χ1) is 12.1. The molecule has 0 saturated heterocycles. The summed E-state index contributed by atoms with van der Waals surface area (Å²) in [6.07, 6.45) is 7.24. The Hall–Kier alpha value is 0.554. The summed E-state index contributed by atoms with van der Waals surface area (Å²) in [6, 6.07) is 0. The van der Waals surface area contributed by atoms with Crippen molar-refractivity contribution in [3.05, 3.63) is 0 Å². The molecule has 0 aliphatic heterocycles. The van der Waals surface area contributed by atoms with Crippen LogP contribution in [0.3, 0.4) is 0 Å². The summed E-state index contributed by atoms with van der Waals surface area (Å²) in [4.78, 5) is 0. The van der Waals surface area contributed by atoms with Crippen molar-refractivity contribution in [2.24, 2.45) is 0 Å². The first-order valence-corrected chi connectivity index (χ1v) is 13.7. The van der Waals surface area contributed by atoms with E-state index in [9.17, 15) is 0 Å². The third-order valence-electron chi connectivity index (χ3n) is 4.53. The molecule has 0 rings (SSSR count). The normalized spacial score (nSPS) is 12.7. The van der Waals surface area contributed by atoms with Crippen LogP contribution in [0.1, 0.15) is 87.0 Å². The molecule has 4 nitrogen and oxygen atoms in total. The Balaban J connectivity index is 6.15. The van der Waals surface area contributed by atoms with E-state index < -0.39 is 17.7 Å². The van der Waals surface area contributed by atoms with Crippen molar-refractivity contribution in [2.45, 2.75) is 87.0 Å². The maximum atomic E-state index is 6.90. The van der Waals surface area contributed by atoms with E-state index in [0.717, 1.165) is 6.61 Å². The van der Waals surface area contributed by atoms with Crippen molar-refractivity contribution in [1.82, 2.24) is 10.1 Å². The summed E-state index contributed by atoms with van der Waals surface area (Å²) in [5.74, 6) is 0. The second kappa shape index (κ2) is 15.6. The molecule has 0 radical (unpaired) electrons. The molecule has 0 heterocycles. The van der Waals surface area contributed by atoms with Gasteiger partial charge in [0.2, 0.25) is 0 Å². The SMILES string of the molecule is CCC[N](CCC)[Ti]([O]CC)([N](CCC)CCC)[N](CCC)CCC. The van der Waals surface area contributed by atoms with Gasteiger partial charge in [-0.3, -0.25) is 0 Å². The number of hydrogen-bond donors (Lipinski definition) is 0. The molecule has 0 N–H and O–H groups in total. The van der Waals surface area contributed by atoms with Crippen molar-refractivity contribution in [1.29, 1.82) is 0 Å². The van der Waals surface area contributed by atoms with Gasteiger partial charge >= 0.3 is 164 Å². The topological polar surface area (TPSA) is 19.0 Å². The zero-order valence-electron chi connectivity index (χ0n) is 18.4. The molecule has 0 atom stereocenters. The number of hydrogen-bond acceptors (Lipinski definition) is 4. The molecule has 0 aliphatic rings. The summed E-state index contributed by atoms with van der Waals surface area (Å²) >= 11 is -2.98. The van der Waals surface area contributed by atoms with E-state index in [1.807, 2.05) is 0 Å². The molecule has 0 aromatic heterocycles. The van der Waals surface area contributed by atoms with Gasteiger partial charge in [0.1, 0.15) is 0 Å². The average molecular weight is 393 g/mol. The minimum atomic E-state index is -2.98. The minimum absolute atomic E-state index is 0.831. The maximum absolute atomic E-state index is 6.90. The molecule has 25 heavy (non-hydrogen) atoms. The summed E-state index contributed by atoms with van der Waals surface area (Å²) < 4.78 is 15.3. The Morgan fingerprint density at radius 1 is 0.480 bits per heavy atom. The van der Waals surface area contributed by atoms with Crippen LogP contribution in [0.4, 0.5) is 0 Å². The zero-order chi connectivity index (χ0) is 19.1. The summed E-state index contributed by atoms with van der Waals surface area (Å²) in [7, 11) is 0. The van der Waals surface area contributed by atoms with Crippen LogP contribution in [-0.4, -0.2) is 56.0 Å². The van der Waals surface area contributed by atoms with Crippen molar-refractivity contribution >= 4 is 0 Å². The van der Waals surface area contributed by atoms with Gasteiger partial charge in [0, 0.05) is 0 Å². The third kappa shape index (κ3) is 7.59. The number of nitrogens with zero attached hydrogens (tertiary/aromatic N) is 3. The van der Waals surface area contributed by atoms with Crippen molar-refractivity contribution in [3.63, 3.8) is 0 Å². The van der Waals surface area contributed by atoms with Gasteiger partial charge < -0.3 is 0 Å². The van der Waals surface area contributed by atoms with Crippen LogP contribution in [0.25, 0.3) is 0 Å². The Bertz CT molecular complexity index is 246. The van der Waals surface area contributed by atoms with E-state index in [4.69, 9.17) is 3.32 Å². The predicted molar refractivity (Wildman–Crippen MR) is 108 cm³/mol. The van der Waals surface area contributed by atoms with E-state index >= 15 is 0 Å². The Kier molecular flexibility index (Phi) is 15.9. The van der Waals surface area contributed by atoms with Crippen LogP contribution in [0.2, 0.25) is 0 Å².